The van der Waals surface area contributed by atoms with Crippen molar-refractivity contribution in [1.82, 2.24) is 25.3 Å². The van der Waals surface area contributed by atoms with Crippen LogP contribution in [0.5, 0.6) is 0 Å². The lowest BCUT2D eigenvalue weighted by molar-refractivity contribution is -0.121. The zero-order valence-electron chi connectivity index (χ0n) is 14.0. The van der Waals surface area contributed by atoms with Crippen molar-refractivity contribution < 1.29 is 4.79 Å². The predicted octanol–water partition coefficient (Wildman–Crippen LogP) is 2.15. The number of carbonyl (C=O) groups is 1. The van der Waals surface area contributed by atoms with Gasteiger partial charge in [-0.2, -0.15) is 10.2 Å². The predicted molar refractivity (Wildman–Crippen MR) is 85.8 cm³/mol. The number of aryl methyl sites for hydroxylation is 4. The van der Waals surface area contributed by atoms with Crippen molar-refractivity contribution in [3.63, 3.8) is 0 Å². The summed E-state index contributed by atoms with van der Waals surface area (Å²) in [6, 6.07) is 2.19. The molecule has 120 valence electrons. The van der Waals surface area contributed by atoms with E-state index < -0.39 is 0 Å². The van der Waals surface area contributed by atoms with Gasteiger partial charge in [0.2, 0.25) is 5.91 Å². The number of aromatic nitrogens is 4. The summed E-state index contributed by atoms with van der Waals surface area (Å²) in [7, 11) is 0. The van der Waals surface area contributed by atoms with E-state index in [-0.39, 0.29) is 11.9 Å². The molecule has 1 amide bonds. The van der Waals surface area contributed by atoms with Gasteiger partial charge >= 0.3 is 0 Å². The van der Waals surface area contributed by atoms with Crippen LogP contribution >= 0.6 is 0 Å². The van der Waals surface area contributed by atoms with Gasteiger partial charge < -0.3 is 5.32 Å². The van der Waals surface area contributed by atoms with Crippen molar-refractivity contribution in [3.8, 4) is 0 Å². The van der Waals surface area contributed by atoms with Gasteiger partial charge in [-0.15, -0.1) is 0 Å². The van der Waals surface area contributed by atoms with Crippen LogP contribution in [0.25, 0.3) is 0 Å². The Balaban J connectivity index is 1.80. The molecule has 0 spiro atoms. The topological polar surface area (TPSA) is 75.6 Å². The first-order chi connectivity index (χ1) is 10.4. The molecule has 6 nitrogen and oxygen atoms in total. The van der Waals surface area contributed by atoms with Gasteiger partial charge in [0.1, 0.15) is 0 Å². The summed E-state index contributed by atoms with van der Waals surface area (Å²) < 4.78 is 1.96. The Hall–Kier alpha value is -2.11. The van der Waals surface area contributed by atoms with Gasteiger partial charge in [0.25, 0.3) is 0 Å². The molecule has 2 aromatic heterocycles. The Bertz CT molecular complexity index is 656. The summed E-state index contributed by atoms with van der Waals surface area (Å²) in [5, 5.41) is 14.6. The lowest BCUT2D eigenvalue weighted by Gasteiger charge is -2.15. The lowest BCUT2D eigenvalue weighted by Crippen LogP contribution is -2.30. The Labute approximate surface area is 131 Å². The fourth-order valence-electron chi connectivity index (χ4n) is 2.54. The van der Waals surface area contributed by atoms with Crippen molar-refractivity contribution in [2.45, 2.75) is 53.5 Å². The Kier molecular flexibility index (Phi) is 5.00. The molecule has 0 radical (unpaired) electrons. The van der Waals surface area contributed by atoms with Crippen molar-refractivity contribution in [2.75, 3.05) is 6.54 Å². The van der Waals surface area contributed by atoms with Gasteiger partial charge in [-0.1, -0.05) is 0 Å². The van der Waals surface area contributed by atoms with Crippen molar-refractivity contribution in [3.05, 3.63) is 34.4 Å². The number of hydrogen-bond acceptors (Lipinski definition) is 3. The summed E-state index contributed by atoms with van der Waals surface area (Å²) in [6.45, 7) is 10.7. The molecule has 0 aliphatic rings. The lowest BCUT2D eigenvalue weighted by atomic mass is 10.1. The highest BCUT2D eigenvalue weighted by atomic mass is 16.1. The molecule has 2 aromatic rings. The normalized spacial score (nSPS) is 12.4. The van der Waals surface area contributed by atoms with Crippen LogP contribution in [0.4, 0.5) is 0 Å². The van der Waals surface area contributed by atoms with E-state index >= 15 is 0 Å². The van der Waals surface area contributed by atoms with Crippen molar-refractivity contribution in [2.24, 2.45) is 0 Å². The first-order valence-corrected chi connectivity index (χ1v) is 7.68. The van der Waals surface area contributed by atoms with E-state index in [4.69, 9.17) is 0 Å². The van der Waals surface area contributed by atoms with Crippen LogP contribution in [0.3, 0.4) is 0 Å². The molecular weight excluding hydrogens is 278 g/mol. The smallest absolute Gasteiger partial charge is 0.220 e. The summed E-state index contributed by atoms with van der Waals surface area (Å²) in [4.78, 5) is 12.0. The molecule has 0 saturated carbocycles. The minimum absolute atomic E-state index is 0.0495. The number of hydrogen-bond donors (Lipinski definition) is 2. The number of carbonyl (C=O) groups excluding carboxylic acids is 1. The zero-order valence-corrected chi connectivity index (χ0v) is 14.0. The maximum absolute atomic E-state index is 12.0. The summed E-state index contributed by atoms with van der Waals surface area (Å²) in [5.41, 5.74) is 5.29. The number of nitrogens with one attached hydrogen (secondary N) is 2. The van der Waals surface area contributed by atoms with E-state index in [1.165, 1.54) is 0 Å². The van der Waals surface area contributed by atoms with Gasteiger partial charge in [0.05, 0.1) is 17.4 Å². The number of nitrogens with zero attached hydrogens (tertiary/aromatic N) is 3. The van der Waals surface area contributed by atoms with E-state index in [9.17, 15) is 4.79 Å². The molecule has 0 fully saturated rings. The second-order valence-corrected chi connectivity index (χ2v) is 5.95. The maximum Gasteiger partial charge on any atom is 0.220 e. The Morgan fingerprint density at radius 2 is 2.09 bits per heavy atom. The molecule has 2 rings (SSSR count). The third kappa shape index (κ3) is 3.75. The van der Waals surface area contributed by atoms with Crippen LogP contribution < -0.4 is 5.32 Å². The minimum atomic E-state index is 0.0495. The third-order valence-corrected chi connectivity index (χ3v) is 4.00. The molecule has 0 bridgehead atoms. The second kappa shape index (κ2) is 6.77. The maximum atomic E-state index is 12.0. The number of amides is 1. The van der Waals surface area contributed by atoms with E-state index in [1.807, 2.05) is 38.4 Å². The van der Waals surface area contributed by atoms with E-state index in [0.717, 1.165) is 28.3 Å². The fraction of sp³-hybridized carbons (Fsp3) is 0.562. The van der Waals surface area contributed by atoms with Gasteiger partial charge in [-0.3, -0.25) is 14.6 Å². The summed E-state index contributed by atoms with van der Waals surface area (Å²) in [5.74, 6) is 0.0495. The second-order valence-electron chi connectivity index (χ2n) is 5.95. The van der Waals surface area contributed by atoms with Crippen LogP contribution in [-0.2, 0) is 11.2 Å². The van der Waals surface area contributed by atoms with E-state index in [1.54, 1.807) is 0 Å². The molecule has 6 heteroatoms. The van der Waals surface area contributed by atoms with E-state index in [2.05, 4.69) is 27.5 Å². The molecule has 0 unspecified atom stereocenters. The van der Waals surface area contributed by atoms with Gasteiger partial charge in [0, 0.05) is 30.8 Å². The molecule has 0 aliphatic carbocycles. The SMILES string of the molecule is Cc1cc(C)n([C@@H](C)CNC(=O)CCc2n[nH]c(C)c2C)n1. The monoisotopic (exact) mass is 303 g/mol. The largest absolute Gasteiger partial charge is 0.354 e. The quantitative estimate of drug-likeness (QED) is 0.858. The highest BCUT2D eigenvalue weighted by Crippen LogP contribution is 2.11. The Morgan fingerprint density at radius 3 is 2.64 bits per heavy atom. The van der Waals surface area contributed by atoms with Crippen LogP contribution in [0, 0.1) is 27.7 Å². The number of rotatable bonds is 6. The van der Waals surface area contributed by atoms with Crippen molar-refractivity contribution >= 4 is 5.91 Å². The summed E-state index contributed by atoms with van der Waals surface area (Å²) in [6.07, 6.45) is 1.12. The van der Waals surface area contributed by atoms with Crippen LogP contribution in [0.1, 0.15) is 47.7 Å². The molecule has 0 aliphatic heterocycles. The van der Waals surface area contributed by atoms with Gasteiger partial charge in [-0.25, -0.2) is 0 Å². The van der Waals surface area contributed by atoms with Crippen LogP contribution in [0.15, 0.2) is 6.07 Å². The molecule has 22 heavy (non-hydrogen) atoms. The van der Waals surface area contributed by atoms with Gasteiger partial charge in [-0.05, 0) is 46.2 Å². The number of aromatic amines is 1. The average molecular weight is 303 g/mol. The van der Waals surface area contributed by atoms with E-state index in [0.29, 0.717) is 19.4 Å². The van der Waals surface area contributed by atoms with Gasteiger partial charge in [0.15, 0.2) is 0 Å². The first-order valence-electron chi connectivity index (χ1n) is 7.68. The third-order valence-electron chi connectivity index (χ3n) is 4.00. The van der Waals surface area contributed by atoms with Crippen LogP contribution in [-0.4, -0.2) is 32.4 Å². The molecule has 2 N–H and O–H groups in total. The zero-order chi connectivity index (χ0) is 16.3. The fourth-order valence-corrected chi connectivity index (χ4v) is 2.54. The molecule has 0 aromatic carbocycles. The van der Waals surface area contributed by atoms with Crippen LogP contribution in [0.2, 0.25) is 0 Å². The minimum Gasteiger partial charge on any atom is -0.354 e. The standard InChI is InChI=1S/C16H25N5O/c1-10-8-11(2)21(20-10)12(3)9-17-16(22)7-6-15-13(4)14(5)18-19-15/h8,12H,6-7,9H2,1-5H3,(H,17,22)(H,18,19)/t12-/m0/s1. The molecule has 0 saturated heterocycles. The first kappa shape index (κ1) is 16.3. The Morgan fingerprint density at radius 1 is 1.36 bits per heavy atom. The van der Waals surface area contributed by atoms with Crippen molar-refractivity contribution in [1.29, 1.82) is 0 Å². The highest BCUT2D eigenvalue weighted by molar-refractivity contribution is 5.76. The average Bonchev–Trinajstić information content (AvgIpc) is 2.97. The summed E-state index contributed by atoms with van der Waals surface area (Å²) >= 11 is 0. The molecule has 1 atom stereocenters. The number of H-pyrrole nitrogens is 1. The molecular formula is C16H25N5O. The highest BCUT2D eigenvalue weighted by Gasteiger charge is 2.12. The molecule has 2 heterocycles.